The van der Waals surface area contributed by atoms with Gasteiger partial charge in [0.25, 0.3) is 10.0 Å². The van der Waals surface area contributed by atoms with E-state index in [1.54, 1.807) is 36.4 Å². The quantitative estimate of drug-likeness (QED) is 0.167. The standard InChI is InChI=1S/C34H35BrClN3O4S/c1-3-21-37-34(41)32(22-26-7-5-4-6-8-26)38(23-27-11-13-28(35)14-12-27)33(40)24-39(30-17-15-29(36)16-18-30)44(42,43)31-19-9-25(2)10-20-31/h4-20,32H,3,21-24H2,1-2H3,(H,37,41)/t32-/m1/s1. The van der Waals surface area contributed by atoms with E-state index in [-0.39, 0.29) is 29.5 Å². The average Bonchev–Trinajstić information content (AvgIpc) is 3.02. The Kier molecular flexibility index (Phi) is 11.6. The largest absolute Gasteiger partial charge is 0.354 e. The highest BCUT2D eigenvalue weighted by molar-refractivity contribution is 9.10. The van der Waals surface area contributed by atoms with Crippen molar-refractivity contribution in [1.82, 2.24) is 10.2 Å². The molecule has 7 nitrogen and oxygen atoms in total. The molecule has 0 radical (unpaired) electrons. The van der Waals surface area contributed by atoms with Crippen LogP contribution in [0.4, 0.5) is 5.69 Å². The Bertz CT molecular complexity index is 1650. The molecule has 0 fully saturated rings. The van der Waals surface area contributed by atoms with Gasteiger partial charge in [-0.15, -0.1) is 0 Å². The number of rotatable bonds is 13. The van der Waals surface area contributed by atoms with Crippen LogP contribution in [0.3, 0.4) is 0 Å². The Labute approximate surface area is 273 Å². The summed E-state index contributed by atoms with van der Waals surface area (Å²) in [6.07, 6.45) is 0.980. The summed E-state index contributed by atoms with van der Waals surface area (Å²) in [6, 6.07) is 28.8. The Hall–Kier alpha value is -3.66. The molecule has 2 amide bonds. The van der Waals surface area contributed by atoms with Crippen molar-refractivity contribution in [2.24, 2.45) is 0 Å². The summed E-state index contributed by atoms with van der Waals surface area (Å²) in [4.78, 5) is 29.6. The highest BCUT2D eigenvalue weighted by Gasteiger charge is 2.34. The molecule has 0 aromatic heterocycles. The first-order valence-electron chi connectivity index (χ1n) is 14.3. The summed E-state index contributed by atoms with van der Waals surface area (Å²) in [7, 11) is -4.17. The fourth-order valence-electron chi connectivity index (χ4n) is 4.68. The first kappa shape index (κ1) is 33.2. The number of nitrogens with one attached hydrogen (secondary N) is 1. The monoisotopic (exact) mass is 695 g/mol. The molecule has 0 saturated carbocycles. The van der Waals surface area contributed by atoms with Crippen molar-refractivity contribution in [3.05, 3.63) is 129 Å². The van der Waals surface area contributed by atoms with E-state index in [1.165, 1.54) is 17.0 Å². The van der Waals surface area contributed by atoms with Gasteiger partial charge in [-0.05, 0) is 73.0 Å². The fourth-order valence-corrected chi connectivity index (χ4v) is 6.48. The molecule has 1 atom stereocenters. The lowest BCUT2D eigenvalue weighted by Gasteiger charge is -2.34. The number of benzene rings is 4. The zero-order valence-corrected chi connectivity index (χ0v) is 27.8. The third-order valence-electron chi connectivity index (χ3n) is 7.09. The maximum atomic E-state index is 14.4. The number of halogens is 2. The number of amides is 2. The molecule has 1 N–H and O–H groups in total. The van der Waals surface area contributed by atoms with E-state index in [0.29, 0.717) is 11.6 Å². The van der Waals surface area contributed by atoms with Crippen LogP contribution in [0.25, 0.3) is 0 Å². The van der Waals surface area contributed by atoms with Crippen LogP contribution in [-0.2, 0) is 32.6 Å². The average molecular weight is 697 g/mol. The maximum absolute atomic E-state index is 14.4. The molecule has 230 valence electrons. The van der Waals surface area contributed by atoms with Crippen molar-refractivity contribution in [3.8, 4) is 0 Å². The summed E-state index contributed by atoms with van der Waals surface area (Å²) in [5.74, 6) is -0.827. The summed E-state index contributed by atoms with van der Waals surface area (Å²) in [5.41, 5.74) is 2.85. The van der Waals surface area contributed by atoms with Gasteiger partial charge in [0.05, 0.1) is 10.6 Å². The molecule has 10 heteroatoms. The molecular weight excluding hydrogens is 662 g/mol. The van der Waals surface area contributed by atoms with Gasteiger partial charge in [0.15, 0.2) is 0 Å². The SMILES string of the molecule is CCCNC(=O)[C@@H](Cc1ccccc1)N(Cc1ccc(Br)cc1)C(=O)CN(c1ccc(Cl)cc1)S(=O)(=O)c1ccc(C)cc1. The number of nitrogens with zero attached hydrogens (tertiary/aromatic N) is 2. The van der Waals surface area contributed by atoms with E-state index in [4.69, 9.17) is 11.6 Å². The third kappa shape index (κ3) is 8.71. The lowest BCUT2D eigenvalue weighted by molar-refractivity contribution is -0.140. The minimum atomic E-state index is -4.17. The third-order valence-corrected chi connectivity index (χ3v) is 9.66. The van der Waals surface area contributed by atoms with Crippen LogP contribution in [0.15, 0.2) is 112 Å². The topological polar surface area (TPSA) is 86.8 Å². The number of hydrogen-bond donors (Lipinski definition) is 1. The molecule has 0 aliphatic heterocycles. The van der Waals surface area contributed by atoms with Crippen LogP contribution < -0.4 is 9.62 Å². The molecule has 0 aliphatic rings. The van der Waals surface area contributed by atoms with Crippen LogP contribution in [0.5, 0.6) is 0 Å². The van der Waals surface area contributed by atoms with Gasteiger partial charge in [-0.25, -0.2) is 8.42 Å². The van der Waals surface area contributed by atoms with Gasteiger partial charge in [-0.3, -0.25) is 13.9 Å². The van der Waals surface area contributed by atoms with Gasteiger partial charge in [-0.2, -0.15) is 0 Å². The van der Waals surface area contributed by atoms with Gasteiger partial charge < -0.3 is 10.2 Å². The normalized spacial score (nSPS) is 11.9. The highest BCUT2D eigenvalue weighted by Crippen LogP contribution is 2.27. The maximum Gasteiger partial charge on any atom is 0.264 e. The second-order valence-corrected chi connectivity index (χ2v) is 13.7. The summed E-state index contributed by atoms with van der Waals surface area (Å²) < 4.78 is 30.1. The molecule has 0 heterocycles. The molecule has 0 saturated heterocycles. The first-order chi connectivity index (χ1) is 21.1. The number of carbonyl (C=O) groups excluding carboxylic acids is 2. The van der Waals surface area contributed by atoms with Gasteiger partial charge in [0, 0.05) is 29.0 Å². The number of aryl methyl sites for hydroxylation is 1. The fraction of sp³-hybridized carbons (Fsp3) is 0.235. The summed E-state index contributed by atoms with van der Waals surface area (Å²) >= 11 is 9.58. The second kappa shape index (κ2) is 15.4. The molecule has 44 heavy (non-hydrogen) atoms. The molecule has 0 unspecified atom stereocenters. The molecule has 4 rings (SSSR count). The molecule has 0 spiro atoms. The zero-order valence-electron chi connectivity index (χ0n) is 24.6. The Morgan fingerprint density at radius 1 is 0.864 bits per heavy atom. The number of anilines is 1. The molecule has 4 aromatic carbocycles. The number of hydrogen-bond acceptors (Lipinski definition) is 4. The Balaban J connectivity index is 1.78. The van der Waals surface area contributed by atoms with Gasteiger partial charge in [0.1, 0.15) is 12.6 Å². The molecule has 0 aliphatic carbocycles. The smallest absolute Gasteiger partial charge is 0.264 e. The lowest BCUT2D eigenvalue weighted by atomic mass is 10.0. The number of carbonyl (C=O) groups is 2. The van der Waals surface area contributed by atoms with Crippen LogP contribution in [0.1, 0.15) is 30.0 Å². The van der Waals surface area contributed by atoms with Crippen molar-refractivity contribution in [3.63, 3.8) is 0 Å². The van der Waals surface area contributed by atoms with E-state index in [9.17, 15) is 18.0 Å². The molecule has 0 bridgehead atoms. The molecular formula is C34H35BrClN3O4S. The van der Waals surface area contributed by atoms with Crippen molar-refractivity contribution in [1.29, 1.82) is 0 Å². The minimum Gasteiger partial charge on any atom is -0.354 e. The van der Waals surface area contributed by atoms with E-state index in [1.807, 2.05) is 68.4 Å². The summed E-state index contributed by atoms with van der Waals surface area (Å²) in [5, 5.41) is 3.38. The predicted octanol–water partition coefficient (Wildman–Crippen LogP) is 6.77. The molecule has 4 aromatic rings. The lowest BCUT2D eigenvalue weighted by Crippen LogP contribution is -2.53. The van der Waals surface area contributed by atoms with E-state index in [0.717, 1.165) is 31.9 Å². The van der Waals surface area contributed by atoms with Crippen LogP contribution in [0, 0.1) is 6.92 Å². The van der Waals surface area contributed by atoms with E-state index >= 15 is 0 Å². The van der Waals surface area contributed by atoms with Crippen molar-refractivity contribution in [2.45, 2.75) is 44.2 Å². The van der Waals surface area contributed by atoms with Crippen molar-refractivity contribution in [2.75, 3.05) is 17.4 Å². The summed E-state index contributed by atoms with van der Waals surface area (Å²) in [6.45, 7) is 3.84. The van der Waals surface area contributed by atoms with Crippen LogP contribution in [-0.4, -0.2) is 44.3 Å². The van der Waals surface area contributed by atoms with E-state index in [2.05, 4.69) is 21.2 Å². The Morgan fingerprint density at radius 3 is 2.11 bits per heavy atom. The Morgan fingerprint density at radius 2 is 1.50 bits per heavy atom. The predicted molar refractivity (Wildman–Crippen MR) is 179 cm³/mol. The first-order valence-corrected chi connectivity index (χ1v) is 16.9. The van der Waals surface area contributed by atoms with Crippen LogP contribution >= 0.6 is 27.5 Å². The second-order valence-electron chi connectivity index (χ2n) is 10.4. The minimum absolute atomic E-state index is 0.0480. The van der Waals surface area contributed by atoms with Gasteiger partial charge >= 0.3 is 0 Å². The zero-order chi connectivity index (χ0) is 31.7. The number of sulfonamides is 1. The van der Waals surface area contributed by atoms with Crippen molar-refractivity contribution < 1.29 is 18.0 Å². The van der Waals surface area contributed by atoms with Gasteiger partial charge in [-0.1, -0.05) is 94.6 Å². The van der Waals surface area contributed by atoms with E-state index < -0.39 is 28.5 Å². The highest BCUT2D eigenvalue weighted by atomic mass is 79.9. The van der Waals surface area contributed by atoms with Gasteiger partial charge in [0.2, 0.25) is 11.8 Å². The van der Waals surface area contributed by atoms with Crippen molar-refractivity contribution >= 4 is 55.1 Å². The van der Waals surface area contributed by atoms with Crippen LogP contribution in [0.2, 0.25) is 5.02 Å².